The van der Waals surface area contributed by atoms with Crippen molar-refractivity contribution in [3.8, 4) is 5.75 Å². The molecule has 1 heteroatoms. The molecule has 0 unspecified atom stereocenters. The minimum absolute atomic E-state index is 0.787. The van der Waals surface area contributed by atoms with Crippen LogP contribution in [0.15, 0.2) is 36.4 Å². The Morgan fingerprint density at radius 2 is 1.64 bits per heavy atom. The third kappa shape index (κ3) is 8.12. The van der Waals surface area contributed by atoms with Crippen molar-refractivity contribution in [2.75, 3.05) is 6.61 Å². The van der Waals surface area contributed by atoms with Gasteiger partial charge in [-0.05, 0) is 61.6 Å². The second kappa shape index (κ2) is 12.2. The van der Waals surface area contributed by atoms with E-state index >= 15 is 0 Å². The van der Waals surface area contributed by atoms with Crippen LogP contribution < -0.4 is 4.74 Å². The molecule has 0 heterocycles. The van der Waals surface area contributed by atoms with E-state index in [1.54, 1.807) is 0 Å². The summed E-state index contributed by atoms with van der Waals surface area (Å²) >= 11 is 0. The highest BCUT2D eigenvalue weighted by Crippen LogP contribution is 2.32. The number of rotatable bonds is 11. The largest absolute Gasteiger partial charge is 0.494 e. The molecule has 1 radical (unpaired) electrons. The summed E-state index contributed by atoms with van der Waals surface area (Å²) in [5, 5.41) is 0. The predicted molar refractivity (Wildman–Crippen MR) is 109 cm³/mol. The Hall–Kier alpha value is -1.24. The van der Waals surface area contributed by atoms with Crippen molar-refractivity contribution in [3.63, 3.8) is 0 Å². The van der Waals surface area contributed by atoms with Crippen molar-refractivity contribution in [1.29, 1.82) is 0 Å². The zero-order valence-electron chi connectivity index (χ0n) is 16.4. The predicted octanol–water partition coefficient (Wildman–Crippen LogP) is 7.36. The van der Waals surface area contributed by atoms with Gasteiger partial charge >= 0.3 is 0 Å². The van der Waals surface area contributed by atoms with Crippen LogP contribution in [-0.4, -0.2) is 6.61 Å². The summed E-state index contributed by atoms with van der Waals surface area (Å²) in [7, 11) is 0. The van der Waals surface area contributed by atoms with Gasteiger partial charge in [-0.25, -0.2) is 0 Å². The highest BCUT2D eigenvalue weighted by Gasteiger charge is 2.18. The number of allylic oxidation sites excluding steroid dienone is 2. The van der Waals surface area contributed by atoms with Crippen LogP contribution in [0.3, 0.4) is 0 Å². The molecule has 0 saturated heterocycles. The van der Waals surface area contributed by atoms with E-state index < -0.39 is 0 Å². The number of unbranched alkanes of at least 4 members (excludes halogenated alkanes) is 3. The third-order valence-electron chi connectivity index (χ3n) is 5.43. The lowest BCUT2D eigenvalue weighted by Crippen LogP contribution is -2.13. The maximum atomic E-state index is 5.71. The molecule has 0 amide bonds. The molecule has 139 valence electrons. The molecule has 0 atom stereocenters. The maximum absolute atomic E-state index is 5.71. The maximum Gasteiger partial charge on any atom is 0.119 e. The Balaban J connectivity index is 1.64. The first-order valence-electron chi connectivity index (χ1n) is 10.6. The minimum Gasteiger partial charge on any atom is -0.494 e. The molecule has 0 aliphatic heterocycles. The SMILES string of the molecule is CCCCC[C@H]1CC[C@H](/C=C/[CH]c2ccc(OCCCC)cc2)CC1. The van der Waals surface area contributed by atoms with E-state index in [0.29, 0.717) is 0 Å². The molecule has 25 heavy (non-hydrogen) atoms. The molecule has 1 saturated carbocycles. The minimum atomic E-state index is 0.787. The van der Waals surface area contributed by atoms with E-state index in [1.165, 1.54) is 63.4 Å². The fourth-order valence-corrected chi connectivity index (χ4v) is 3.69. The first-order valence-corrected chi connectivity index (χ1v) is 10.6. The van der Waals surface area contributed by atoms with Gasteiger partial charge in [0, 0.05) is 6.42 Å². The van der Waals surface area contributed by atoms with Gasteiger partial charge in [0.05, 0.1) is 6.61 Å². The molecule has 2 rings (SSSR count). The number of ether oxygens (including phenoxy) is 1. The van der Waals surface area contributed by atoms with Gasteiger partial charge in [0.25, 0.3) is 0 Å². The summed E-state index contributed by atoms with van der Waals surface area (Å²) in [5.74, 6) is 2.77. The third-order valence-corrected chi connectivity index (χ3v) is 5.43. The molecule has 0 N–H and O–H groups in total. The molecule has 1 aromatic carbocycles. The van der Waals surface area contributed by atoms with Crippen molar-refractivity contribution in [2.24, 2.45) is 11.8 Å². The molecular formula is C24H37O. The van der Waals surface area contributed by atoms with Gasteiger partial charge < -0.3 is 4.74 Å². The Morgan fingerprint density at radius 3 is 2.32 bits per heavy atom. The van der Waals surface area contributed by atoms with Gasteiger partial charge in [-0.15, -0.1) is 0 Å². The van der Waals surface area contributed by atoms with Crippen LogP contribution in [-0.2, 0) is 0 Å². The van der Waals surface area contributed by atoms with Gasteiger partial charge in [0.1, 0.15) is 5.75 Å². The Kier molecular flexibility index (Phi) is 9.77. The zero-order chi connectivity index (χ0) is 17.7. The van der Waals surface area contributed by atoms with Crippen molar-refractivity contribution >= 4 is 0 Å². The Bertz CT molecular complexity index is 465. The molecule has 1 aromatic rings. The van der Waals surface area contributed by atoms with E-state index in [9.17, 15) is 0 Å². The van der Waals surface area contributed by atoms with Crippen molar-refractivity contribution in [1.82, 2.24) is 0 Å². The summed E-state index contributed by atoms with van der Waals surface area (Å²) < 4.78 is 5.71. The van der Waals surface area contributed by atoms with E-state index in [0.717, 1.165) is 30.6 Å². The fourth-order valence-electron chi connectivity index (χ4n) is 3.69. The van der Waals surface area contributed by atoms with E-state index in [1.807, 2.05) is 0 Å². The zero-order valence-corrected chi connectivity index (χ0v) is 16.4. The lowest BCUT2D eigenvalue weighted by atomic mass is 9.79. The second-order valence-electron chi connectivity index (χ2n) is 7.60. The van der Waals surface area contributed by atoms with Crippen molar-refractivity contribution in [2.45, 2.75) is 78.1 Å². The molecule has 0 bridgehead atoms. The van der Waals surface area contributed by atoms with E-state index in [2.05, 4.69) is 56.7 Å². The monoisotopic (exact) mass is 341 g/mol. The topological polar surface area (TPSA) is 9.23 Å². The summed E-state index contributed by atoms with van der Waals surface area (Å²) in [6, 6.07) is 8.46. The van der Waals surface area contributed by atoms with Gasteiger partial charge in [0.2, 0.25) is 0 Å². The lowest BCUT2D eigenvalue weighted by Gasteiger charge is -2.26. The number of hydrogen-bond donors (Lipinski definition) is 0. The first kappa shape index (κ1) is 20.1. The van der Waals surface area contributed by atoms with E-state index in [-0.39, 0.29) is 0 Å². The average Bonchev–Trinajstić information content (AvgIpc) is 2.65. The second-order valence-corrected chi connectivity index (χ2v) is 7.60. The van der Waals surface area contributed by atoms with Crippen LogP contribution in [0.2, 0.25) is 0 Å². The molecular weight excluding hydrogens is 304 g/mol. The van der Waals surface area contributed by atoms with Crippen LogP contribution in [0.1, 0.15) is 83.6 Å². The molecule has 0 aromatic heterocycles. The van der Waals surface area contributed by atoms with Crippen LogP contribution >= 0.6 is 0 Å². The van der Waals surface area contributed by atoms with Gasteiger partial charge in [-0.3, -0.25) is 0 Å². The van der Waals surface area contributed by atoms with Gasteiger partial charge in [-0.2, -0.15) is 0 Å². The quantitative estimate of drug-likeness (QED) is 0.382. The van der Waals surface area contributed by atoms with Crippen LogP contribution in [0.5, 0.6) is 5.75 Å². The summed E-state index contributed by atoms with van der Waals surface area (Å²) in [6.45, 7) is 5.30. The smallest absolute Gasteiger partial charge is 0.119 e. The average molecular weight is 342 g/mol. The number of benzene rings is 1. The van der Waals surface area contributed by atoms with Crippen molar-refractivity contribution < 1.29 is 4.74 Å². The number of hydrogen-bond acceptors (Lipinski definition) is 1. The highest BCUT2D eigenvalue weighted by atomic mass is 16.5. The molecule has 1 nitrogen and oxygen atoms in total. The van der Waals surface area contributed by atoms with Crippen LogP contribution in [0, 0.1) is 18.3 Å². The summed E-state index contributed by atoms with van der Waals surface area (Å²) in [4.78, 5) is 0. The summed E-state index contributed by atoms with van der Waals surface area (Å²) in [5.41, 5.74) is 1.26. The van der Waals surface area contributed by atoms with Gasteiger partial charge in [0.15, 0.2) is 0 Å². The molecule has 1 fully saturated rings. The first-order chi connectivity index (χ1) is 12.3. The highest BCUT2D eigenvalue weighted by molar-refractivity contribution is 5.34. The summed E-state index contributed by atoms with van der Waals surface area (Å²) in [6.07, 6.45) is 20.5. The Labute approximate surface area is 155 Å². The lowest BCUT2D eigenvalue weighted by molar-refractivity contribution is 0.289. The molecule has 0 spiro atoms. The standard InChI is InChI=1S/C24H37O/c1-3-5-7-9-21-12-14-22(15-13-21)10-8-11-23-16-18-24(19-17-23)25-20-6-4-2/h8,10-11,16-19,21-22H,3-7,9,12-15,20H2,1-2H3/b10-8+/t21-,22-. The van der Waals surface area contributed by atoms with E-state index in [4.69, 9.17) is 4.74 Å². The molecule has 1 aliphatic carbocycles. The normalized spacial score (nSPS) is 20.9. The van der Waals surface area contributed by atoms with Gasteiger partial charge in [-0.1, -0.05) is 70.2 Å². The van der Waals surface area contributed by atoms with Crippen LogP contribution in [0.4, 0.5) is 0 Å². The Morgan fingerprint density at radius 1 is 0.920 bits per heavy atom. The fraction of sp³-hybridized carbons (Fsp3) is 0.625. The van der Waals surface area contributed by atoms with Crippen molar-refractivity contribution in [3.05, 3.63) is 48.4 Å². The molecule has 1 aliphatic rings. The van der Waals surface area contributed by atoms with Crippen LogP contribution in [0.25, 0.3) is 0 Å².